The fourth-order valence-corrected chi connectivity index (χ4v) is 3.68. The van der Waals surface area contributed by atoms with Gasteiger partial charge in [-0.3, -0.25) is 9.59 Å². The number of aliphatic carboxylic acids is 1. The summed E-state index contributed by atoms with van der Waals surface area (Å²) in [6.45, 7) is 0.364. The van der Waals surface area contributed by atoms with E-state index in [9.17, 15) is 14.7 Å². The van der Waals surface area contributed by atoms with Gasteiger partial charge in [0.2, 0.25) is 5.91 Å². The average molecular weight is 306 g/mol. The average Bonchev–Trinajstić information content (AvgIpc) is 3.05. The number of allylic oxidation sites excluding steroid dienone is 2. The number of fused-ring (bicyclic) bond motifs is 2. The molecule has 1 amide bonds. The van der Waals surface area contributed by atoms with E-state index in [1.165, 1.54) is 0 Å². The van der Waals surface area contributed by atoms with E-state index in [0.717, 1.165) is 12.0 Å². The van der Waals surface area contributed by atoms with Crippen LogP contribution in [0.4, 0.5) is 0 Å². The van der Waals surface area contributed by atoms with Gasteiger partial charge < -0.3 is 10.4 Å². The molecule has 2 N–H and O–H groups in total. The SMILES string of the molecule is O=C(O)[C@H]1[C@H](C(=O)NCc2cccc(Cl)c2)[C@H]2C=C[C@H]1C2. The first-order chi connectivity index (χ1) is 10.1. The number of hydrogen-bond donors (Lipinski definition) is 2. The molecule has 1 aromatic carbocycles. The molecule has 0 aliphatic heterocycles. The molecule has 2 aliphatic carbocycles. The number of amides is 1. The minimum absolute atomic E-state index is 0.00517. The molecule has 1 aromatic rings. The van der Waals surface area contributed by atoms with E-state index in [1.807, 2.05) is 24.3 Å². The van der Waals surface area contributed by atoms with Crippen molar-refractivity contribution in [3.63, 3.8) is 0 Å². The largest absolute Gasteiger partial charge is 0.481 e. The summed E-state index contributed by atoms with van der Waals surface area (Å²) < 4.78 is 0. The van der Waals surface area contributed by atoms with Crippen LogP contribution in [-0.4, -0.2) is 17.0 Å². The van der Waals surface area contributed by atoms with Crippen molar-refractivity contribution < 1.29 is 14.7 Å². The van der Waals surface area contributed by atoms with Crippen molar-refractivity contribution in [2.75, 3.05) is 0 Å². The van der Waals surface area contributed by atoms with Crippen LogP contribution in [0.15, 0.2) is 36.4 Å². The predicted molar refractivity (Wildman–Crippen MR) is 78.7 cm³/mol. The second-order valence-electron chi connectivity index (χ2n) is 5.69. The third-order valence-corrected chi connectivity index (χ3v) is 4.64. The molecule has 0 heterocycles. The third-order valence-electron chi connectivity index (χ3n) is 4.40. The van der Waals surface area contributed by atoms with Crippen LogP contribution in [0.2, 0.25) is 5.02 Å². The first-order valence-electron chi connectivity index (χ1n) is 6.99. The minimum Gasteiger partial charge on any atom is -0.481 e. The molecule has 4 nitrogen and oxygen atoms in total. The molecule has 2 bridgehead atoms. The van der Waals surface area contributed by atoms with Gasteiger partial charge in [-0.15, -0.1) is 0 Å². The lowest BCUT2D eigenvalue weighted by atomic mass is 9.82. The van der Waals surface area contributed by atoms with Crippen LogP contribution < -0.4 is 5.32 Å². The standard InChI is InChI=1S/C16H16ClNO3/c17-12-3-1-2-9(6-12)8-18-15(19)13-10-4-5-11(7-10)14(13)16(20)21/h1-6,10-11,13-14H,7-8H2,(H,18,19)(H,20,21)/t10-,11-,13+,14+/m0/s1. The molecule has 0 saturated heterocycles. The number of carboxylic acid groups (broad SMARTS) is 1. The van der Waals surface area contributed by atoms with Crippen LogP contribution in [0.25, 0.3) is 0 Å². The molecule has 3 rings (SSSR count). The fraction of sp³-hybridized carbons (Fsp3) is 0.375. The van der Waals surface area contributed by atoms with Crippen molar-refractivity contribution >= 4 is 23.5 Å². The van der Waals surface area contributed by atoms with Gasteiger partial charge in [0.15, 0.2) is 0 Å². The molecule has 0 radical (unpaired) electrons. The summed E-state index contributed by atoms with van der Waals surface area (Å²) in [5, 5.41) is 12.8. The van der Waals surface area contributed by atoms with Crippen molar-refractivity contribution in [3.8, 4) is 0 Å². The van der Waals surface area contributed by atoms with Crippen LogP contribution in [0.5, 0.6) is 0 Å². The Morgan fingerprint density at radius 2 is 1.95 bits per heavy atom. The van der Waals surface area contributed by atoms with Crippen molar-refractivity contribution in [2.45, 2.75) is 13.0 Å². The van der Waals surface area contributed by atoms with Gasteiger partial charge in [0.05, 0.1) is 11.8 Å². The Bertz CT molecular complexity index is 613. The smallest absolute Gasteiger partial charge is 0.307 e. The predicted octanol–water partition coefficient (Wildman–Crippen LogP) is 2.48. The number of rotatable bonds is 4. The molecular formula is C16H16ClNO3. The van der Waals surface area contributed by atoms with Gasteiger partial charge in [-0.05, 0) is 36.0 Å². The molecule has 110 valence electrons. The van der Waals surface area contributed by atoms with Crippen LogP contribution in [0.3, 0.4) is 0 Å². The molecule has 0 spiro atoms. The highest BCUT2D eigenvalue weighted by molar-refractivity contribution is 6.30. The summed E-state index contributed by atoms with van der Waals surface area (Å²) in [4.78, 5) is 23.8. The first kappa shape index (κ1) is 14.1. The Morgan fingerprint density at radius 3 is 2.62 bits per heavy atom. The van der Waals surface area contributed by atoms with E-state index in [4.69, 9.17) is 11.6 Å². The summed E-state index contributed by atoms with van der Waals surface area (Å²) in [6, 6.07) is 7.26. The molecule has 2 aliphatic rings. The lowest BCUT2D eigenvalue weighted by molar-refractivity contribution is -0.147. The topological polar surface area (TPSA) is 66.4 Å². The summed E-state index contributed by atoms with van der Waals surface area (Å²) in [7, 11) is 0. The van der Waals surface area contributed by atoms with E-state index in [0.29, 0.717) is 11.6 Å². The zero-order valence-corrected chi connectivity index (χ0v) is 12.1. The lowest BCUT2D eigenvalue weighted by Crippen LogP contribution is -2.39. The summed E-state index contributed by atoms with van der Waals surface area (Å²) in [6.07, 6.45) is 4.68. The molecule has 0 unspecified atom stereocenters. The molecule has 0 aromatic heterocycles. The Morgan fingerprint density at radius 1 is 1.24 bits per heavy atom. The van der Waals surface area contributed by atoms with Crippen LogP contribution in [0.1, 0.15) is 12.0 Å². The quantitative estimate of drug-likeness (QED) is 0.840. The zero-order chi connectivity index (χ0) is 15.0. The molecule has 1 saturated carbocycles. The number of benzene rings is 1. The van der Waals surface area contributed by atoms with E-state index in [2.05, 4.69) is 5.32 Å². The number of hydrogen-bond acceptors (Lipinski definition) is 2. The Kier molecular flexibility index (Phi) is 3.72. The van der Waals surface area contributed by atoms with Gasteiger partial charge in [0.1, 0.15) is 0 Å². The Balaban J connectivity index is 1.68. The highest BCUT2D eigenvalue weighted by atomic mass is 35.5. The third kappa shape index (κ3) is 2.68. The maximum atomic E-state index is 12.4. The van der Waals surface area contributed by atoms with Crippen molar-refractivity contribution in [1.29, 1.82) is 0 Å². The molecule has 1 fully saturated rings. The lowest BCUT2D eigenvalue weighted by Gasteiger charge is -2.23. The van der Waals surface area contributed by atoms with Crippen molar-refractivity contribution in [1.82, 2.24) is 5.32 Å². The molecule has 21 heavy (non-hydrogen) atoms. The number of carboxylic acids is 1. The van der Waals surface area contributed by atoms with Crippen molar-refractivity contribution in [3.05, 3.63) is 47.0 Å². The molecular weight excluding hydrogens is 290 g/mol. The van der Waals surface area contributed by atoms with E-state index in [-0.39, 0.29) is 17.7 Å². The Hall–Kier alpha value is -1.81. The normalized spacial score (nSPS) is 29.6. The van der Waals surface area contributed by atoms with E-state index in [1.54, 1.807) is 12.1 Å². The number of carbonyl (C=O) groups is 2. The fourth-order valence-electron chi connectivity index (χ4n) is 3.47. The van der Waals surface area contributed by atoms with Crippen molar-refractivity contribution in [2.24, 2.45) is 23.7 Å². The maximum Gasteiger partial charge on any atom is 0.307 e. The summed E-state index contributed by atoms with van der Waals surface area (Å²) in [5.74, 6) is -2.07. The van der Waals surface area contributed by atoms with Crippen LogP contribution in [0, 0.1) is 23.7 Å². The van der Waals surface area contributed by atoms with Gasteiger partial charge in [-0.1, -0.05) is 35.9 Å². The van der Waals surface area contributed by atoms with Crippen LogP contribution >= 0.6 is 11.6 Å². The van der Waals surface area contributed by atoms with Gasteiger partial charge in [0.25, 0.3) is 0 Å². The minimum atomic E-state index is -0.880. The zero-order valence-electron chi connectivity index (χ0n) is 11.3. The highest BCUT2D eigenvalue weighted by Crippen LogP contribution is 2.48. The summed E-state index contributed by atoms with van der Waals surface area (Å²) in [5.41, 5.74) is 0.904. The van der Waals surface area contributed by atoms with Crippen LogP contribution in [-0.2, 0) is 16.1 Å². The number of halogens is 1. The van der Waals surface area contributed by atoms with E-state index < -0.39 is 17.8 Å². The second-order valence-corrected chi connectivity index (χ2v) is 6.12. The maximum absolute atomic E-state index is 12.4. The number of nitrogens with one attached hydrogen (secondary N) is 1. The Labute approximate surface area is 127 Å². The first-order valence-corrected chi connectivity index (χ1v) is 7.37. The van der Waals surface area contributed by atoms with E-state index >= 15 is 0 Å². The monoisotopic (exact) mass is 305 g/mol. The summed E-state index contributed by atoms with van der Waals surface area (Å²) >= 11 is 5.90. The highest BCUT2D eigenvalue weighted by Gasteiger charge is 2.51. The van der Waals surface area contributed by atoms with Gasteiger partial charge in [-0.2, -0.15) is 0 Å². The molecule has 5 heteroatoms. The van der Waals surface area contributed by atoms with Gasteiger partial charge in [0, 0.05) is 11.6 Å². The number of carbonyl (C=O) groups excluding carboxylic acids is 1. The molecule has 4 atom stereocenters. The van der Waals surface area contributed by atoms with Gasteiger partial charge in [-0.25, -0.2) is 0 Å². The second kappa shape index (κ2) is 5.53. The van der Waals surface area contributed by atoms with Gasteiger partial charge >= 0.3 is 5.97 Å².